The molecule has 106 valence electrons. The fourth-order valence-electron chi connectivity index (χ4n) is 2.17. The average molecular weight is 264 g/mol. The van der Waals surface area contributed by atoms with Gasteiger partial charge < -0.3 is 10.5 Å². The summed E-state index contributed by atoms with van der Waals surface area (Å²) in [5.41, 5.74) is 8.23. The number of pyridine rings is 1. The van der Waals surface area contributed by atoms with Gasteiger partial charge in [0, 0.05) is 29.7 Å². The predicted octanol–water partition coefficient (Wildman–Crippen LogP) is 2.19. The summed E-state index contributed by atoms with van der Waals surface area (Å²) in [6.07, 6.45) is 3.86. The molecule has 1 rings (SSSR count). The van der Waals surface area contributed by atoms with Crippen molar-refractivity contribution in [3.8, 4) is 5.75 Å². The van der Waals surface area contributed by atoms with Crippen LogP contribution < -0.4 is 10.5 Å². The zero-order chi connectivity index (χ0) is 14.4. The first-order valence-electron chi connectivity index (χ1n) is 6.73. The normalized spacial score (nSPS) is 12.3. The van der Waals surface area contributed by atoms with E-state index in [0.717, 1.165) is 35.4 Å². The highest BCUT2D eigenvalue weighted by Gasteiger charge is 2.17. The number of ketones is 1. The maximum atomic E-state index is 12.1. The number of ether oxygens (including phenoxy) is 1. The number of hydrogen-bond donors (Lipinski definition) is 1. The highest BCUT2D eigenvalue weighted by Crippen LogP contribution is 2.25. The molecule has 0 aromatic carbocycles. The second-order valence-electron chi connectivity index (χ2n) is 5.02. The molecule has 4 heteroatoms. The van der Waals surface area contributed by atoms with Crippen LogP contribution in [0.1, 0.15) is 36.6 Å². The SMILES string of the molecule is COc1c(C)cnc(CC(=O)C(C)CCCN)c1C. The minimum atomic E-state index is 0.0389. The second kappa shape index (κ2) is 7.24. The van der Waals surface area contributed by atoms with Gasteiger partial charge in [0.15, 0.2) is 0 Å². The fraction of sp³-hybridized carbons (Fsp3) is 0.600. The first-order valence-corrected chi connectivity index (χ1v) is 6.73. The topological polar surface area (TPSA) is 65.2 Å². The van der Waals surface area contributed by atoms with Crippen molar-refractivity contribution in [1.29, 1.82) is 0 Å². The number of aryl methyl sites for hydroxylation is 1. The summed E-state index contributed by atoms with van der Waals surface area (Å²) < 4.78 is 5.36. The van der Waals surface area contributed by atoms with Crippen LogP contribution in [0.15, 0.2) is 6.20 Å². The monoisotopic (exact) mass is 264 g/mol. The fourth-order valence-corrected chi connectivity index (χ4v) is 2.17. The Morgan fingerprint density at radius 2 is 2.16 bits per heavy atom. The molecule has 0 radical (unpaired) electrons. The summed E-state index contributed by atoms with van der Waals surface area (Å²) >= 11 is 0. The maximum Gasteiger partial charge on any atom is 0.141 e. The van der Waals surface area contributed by atoms with E-state index in [-0.39, 0.29) is 11.7 Å². The number of aromatic nitrogens is 1. The minimum absolute atomic E-state index is 0.0389. The van der Waals surface area contributed by atoms with Crippen molar-refractivity contribution < 1.29 is 9.53 Å². The van der Waals surface area contributed by atoms with Gasteiger partial charge in [-0.2, -0.15) is 0 Å². The van der Waals surface area contributed by atoms with Crippen molar-refractivity contribution in [3.63, 3.8) is 0 Å². The lowest BCUT2D eigenvalue weighted by molar-refractivity contribution is -0.122. The molecule has 1 unspecified atom stereocenters. The number of carbonyl (C=O) groups is 1. The molecule has 1 atom stereocenters. The van der Waals surface area contributed by atoms with Crippen molar-refractivity contribution in [2.45, 2.75) is 40.0 Å². The van der Waals surface area contributed by atoms with Crippen LogP contribution in [-0.2, 0) is 11.2 Å². The van der Waals surface area contributed by atoms with Gasteiger partial charge in [-0.05, 0) is 33.2 Å². The summed E-state index contributed by atoms with van der Waals surface area (Å²) in [6.45, 7) is 6.49. The van der Waals surface area contributed by atoms with Gasteiger partial charge in [0.25, 0.3) is 0 Å². The van der Waals surface area contributed by atoms with E-state index in [9.17, 15) is 4.79 Å². The number of carbonyl (C=O) groups excluding carboxylic acids is 1. The number of methoxy groups -OCH3 is 1. The van der Waals surface area contributed by atoms with E-state index < -0.39 is 0 Å². The molecular weight excluding hydrogens is 240 g/mol. The number of hydrogen-bond acceptors (Lipinski definition) is 4. The lowest BCUT2D eigenvalue weighted by atomic mass is 9.95. The molecule has 1 aromatic rings. The Morgan fingerprint density at radius 3 is 2.74 bits per heavy atom. The Bertz CT molecular complexity index is 444. The van der Waals surface area contributed by atoms with Crippen LogP contribution in [0.3, 0.4) is 0 Å². The van der Waals surface area contributed by atoms with Crippen LogP contribution in [0, 0.1) is 19.8 Å². The molecule has 2 N–H and O–H groups in total. The van der Waals surface area contributed by atoms with Crippen LogP contribution in [0.4, 0.5) is 0 Å². The molecule has 1 heterocycles. The first kappa shape index (κ1) is 15.6. The summed E-state index contributed by atoms with van der Waals surface area (Å²) in [5.74, 6) is 1.08. The molecule has 0 aliphatic carbocycles. The Balaban J connectivity index is 2.80. The Kier molecular flexibility index (Phi) is 5.96. The molecule has 0 amide bonds. The van der Waals surface area contributed by atoms with Crippen LogP contribution in [0.25, 0.3) is 0 Å². The standard InChI is InChI=1S/C15H24N2O2/c1-10(6-5-7-16)14(18)8-13-12(3)15(19-4)11(2)9-17-13/h9-10H,5-8,16H2,1-4H3. The first-order chi connectivity index (χ1) is 9.01. The summed E-state index contributed by atoms with van der Waals surface area (Å²) in [4.78, 5) is 16.5. The third-order valence-electron chi connectivity index (χ3n) is 3.48. The Labute approximate surface area is 115 Å². The van der Waals surface area contributed by atoms with Gasteiger partial charge in [0.1, 0.15) is 11.5 Å². The molecule has 0 bridgehead atoms. The van der Waals surface area contributed by atoms with Gasteiger partial charge in [-0.3, -0.25) is 9.78 Å². The predicted molar refractivity (Wildman–Crippen MR) is 76.4 cm³/mol. The van der Waals surface area contributed by atoms with Gasteiger partial charge in [0.05, 0.1) is 12.8 Å². The third kappa shape index (κ3) is 4.03. The van der Waals surface area contributed by atoms with Gasteiger partial charge in [-0.1, -0.05) is 6.92 Å². The molecule has 0 aliphatic heterocycles. The van der Waals surface area contributed by atoms with E-state index in [4.69, 9.17) is 10.5 Å². The van der Waals surface area contributed by atoms with E-state index in [1.54, 1.807) is 13.3 Å². The second-order valence-corrected chi connectivity index (χ2v) is 5.02. The van der Waals surface area contributed by atoms with Crippen molar-refractivity contribution in [3.05, 3.63) is 23.0 Å². The van der Waals surface area contributed by atoms with Crippen LogP contribution in [0.2, 0.25) is 0 Å². The van der Waals surface area contributed by atoms with Crippen LogP contribution in [-0.4, -0.2) is 24.4 Å². The quantitative estimate of drug-likeness (QED) is 0.820. The Morgan fingerprint density at radius 1 is 1.47 bits per heavy atom. The summed E-state index contributed by atoms with van der Waals surface area (Å²) in [6, 6.07) is 0. The van der Waals surface area contributed by atoms with Gasteiger partial charge in [-0.25, -0.2) is 0 Å². The molecule has 19 heavy (non-hydrogen) atoms. The smallest absolute Gasteiger partial charge is 0.141 e. The Hall–Kier alpha value is -1.42. The largest absolute Gasteiger partial charge is 0.496 e. The van der Waals surface area contributed by atoms with Gasteiger partial charge >= 0.3 is 0 Å². The lowest BCUT2D eigenvalue weighted by Gasteiger charge is -2.14. The van der Waals surface area contributed by atoms with Crippen molar-refractivity contribution >= 4 is 5.78 Å². The van der Waals surface area contributed by atoms with Crippen molar-refractivity contribution in [2.24, 2.45) is 11.7 Å². The summed E-state index contributed by atoms with van der Waals surface area (Å²) in [7, 11) is 1.64. The van der Waals surface area contributed by atoms with Crippen molar-refractivity contribution in [1.82, 2.24) is 4.98 Å². The zero-order valence-electron chi connectivity index (χ0n) is 12.3. The van der Waals surface area contributed by atoms with E-state index in [1.165, 1.54) is 0 Å². The zero-order valence-corrected chi connectivity index (χ0v) is 12.3. The number of nitrogens with two attached hydrogens (primary N) is 1. The highest BCUT2D eigenvalue weighted by molar-refractivity contribution is 5.83. The van der Waals surface area contributed by atoms with Gasteiger partial charge in [0.2, 0.25) is 0 Å². The van der Waals surface area contributed by atoms with Crippen LogP contribution in [0.5, 0.6) is 5.75 Å². The van der Waals surface area contributed by atoms with Gasteiger partial charge in [-0.15, -0.1) is 0 Å². The molecule has 0 aliphatic rings. The van der Waals surface area contributed by atoms with E-state index in [1.807, 2.05) is 20.8 Å². The molecular formula is C15H24N2O2. The van der Waals surface area contributed by atoms with E-state index in [0.29, 0.717) is 13.0 Å². The molecule has 1 aromatic heterocycles. The molecule has 0 saturated carbocycles. The van der Waals surface area contributed by atoms with E-state index >= 15 is 0 Å². The molecule has 4 nitrogen and oxygen atoms in total. The van der Waals surface area contributed by atoms with Crippen molar-refractivity contribution in [2.75, 3.05) is 13.7 Å². The highest BCUT2D eigenvalue weighted by atomic mass is 16.5. The maximum absolute atomic E-state index is 12.1. The van der Waals surface area contributed by atoms with Crippen LogP contribution >= 0.6 is 0 Å². The number of Topliss-reactive ketones (excluding diaryl/α,β-unsaturated/α-hetero) is 1. The third-order valence-corrected chi connectivity index (χ3v) is 3.48. The lowest BCUT2D eigenvalue weighted by Crippen LogP contribution is -2.17. The summed E-state index contributed by atoms with van der Waals surface area (Å²) in [5, 5.41) is 0. The minimum Gasteiger partial charge on any atom is -0.496 e. The average Bonchev–Trinajstić information content (AvgIpc) is 2.39. The molecule has 0 fully saturated rings. The number of nitrogens with zero attached hydrogens (tertiary/aromatic N) is 1. The molecule has 0 spiro atoms. The van der Waals surface area contributed by atoms with E-state index in [2.05, 4.69) is 4.98 Å². The number of rotatable bonds is 7. The molecule has 0 saturated heterocycles.